The van der Waals surface area contributed by atoms with Gasteiger partial charge in [0.1, 0.15) is 5.75 Å². The third-order valence-corrected chi connectivity index (χ3v) is 5.90. The van der Waals surface area contributed by atoms with Crippen LogP contribution in [-0.4, -0.2) is 28.6 Å². The first-order chi connectivity index (χ1) is 12.1. The van der Waals surface area contributed by atoms with Gasteiger partial charge in [-0.15, -0.1) is 0 Å². The minimum atomic E-state index is -0.900. The van der Waals surface area contributed by atoms with Gasteiger partial charge in [-0.05, 0) is 37.3 Å². The Labute approximate surface area is 148 Å². The summed E-state index contributed by atoms with van der Waals surface area (Å²) in [6.45, 7) is 2.49. The van der Waals surface area contributed by atoms with Crippen molar-refractivity contribution < 1.29 is 19.4 Å². The van der Waals surface area contributed by atoms with Crippen molar-refractivity contribution in [3.63, 3.8) is 0 Å². The molecule has 0 saturated heterocycles. The molecule has 0 aliphatic heterocycles. The number of hydrogen-bond acceptors (Lipinski definition) is 5. The van der Waals surface area contributed by atoms with Crippen molar-refractivity contribution >= 4 is 38.6 Å². The van der Waals surface area contributed by atoms with Crippen molar-refractivity contribution in [2.75, 3.05) is 11.9 Å². The van der Waals surface area contributed by atoms with Crippen molar-refractivity contribution in [1.82, 2.24) is 4.98 Å². The number of ether oxygens (including phenoxy) is 1. The number of rotatable bonds is 5. The Hall–Kier alpha value is -2.41. The first kappa shape index (κ1) is 16.1. The van der Waals surface area contributed by atoms with Crippen molar-refractivity contribution in [3.8, 4) is 5.75 Å². The van der Waals surface area contributed by atoms with Gasteiger partial charge in [0.25, 0.3) is 0 Å². The lowest BCUT2D eigenvalue weighted by molar-refractivity contribution is -0.146. The Balaban J connectivity index is 1.55. The Kier molecular flexibility index (Phi) is 3.95. The average molecular weight is 358 g/mol. The number of amides is 1. The second kappa shape index (κ2) is 6.15. The second-order valence-electron chi connectivity index (χ2n) is 6.41. The molecule has 2 aromatic rings. The number of carbonyl (C=O) groups excluding carboxylic acids is 1. The number of nitrogens with one attached hydrogen (secondary N) is 1. The highest BCUT2D eigenvalue weighted by atomic mass is 32.1. The Morgan fingerprint density at radius 2 is 2.08 bits per heavy atom. The standard InChI is InChI=1S/C18H18N2O4S/c1-2-24-11-5-6-13-12(8-11)19-18(25-13)20-16(21)14-9-3-4-10(7-9)15(14)17(22)23/h3-6,8-10,14-15H,2,7H2,1H3,(H,22,23)(H,19,20,21)/t9-,10-,14-,15+/m0/s1. The molecule has 1 saturated carbocycles. The molecular formula is C18H18N2O4S. The first-order valence-electron chi connectivity index (χ1n) is 8.32. The number of fused-ring (bicyclic) bond motifs is 3. The van der Waals surface area contributed by atoms with Crippen LogP contribution in [0.5, 0.6) is 5.75 Å². The molecule has 1 heterocycles. The highest BCUT2D eigenvalue weighted by Gasteiger charge is 2.51. The summed E-state index contributed by atoms with van der Waals surface area (Å²) in [7, 11) is 0. The van der Waals surface area contributed by atoms with E-state index in [1.807, 2.05) is 37.3 Å². The molecule has 4 rings (SSSR count). The molecule has 1 amide bonds. The van der Waals surface area contributed by atoms with Gasteiger partial charge in [-0.25, -0.2) is 4.98 Å². The van der Waals surface area contributed by atoms with Crippen LogP contribution in [0.25, 0.3) is 10.2 Å². The molecule has 1 aromatic heterocycles. The number of carbonyl (C=O) groups is 2. The third kappa shape index (κ3) is 2.78. The van der Waals surface area contributed by atoms with Gasteiger partial charge in [0.15, 0.2) is 5.13 Å². The number of carboxylic acid groups (broad SMARTS) is 1. The molecule has 2 bridgehead atoms. The highest BCUT2D eigenvalue weighted by molar-refractivity contribution is 7.22. The summed E-state index contributed by atoms with van der Waals surface area (Å²) in [6.07, 6.45) is 4.65. The predicted octanol–water partition coefficient (Wildman–Crippen LogP) is 3.16. The van der Waals surface area contributed by atoms with E-state index in [4.69, 9.17) is 4.74 Å². The summed E-state index contributed by atoms with van der Waals surface area (Å²) in [4.78, 5) is 28.7. The molecule has 1 aromatic carbocycles. The van der Waals surface area contributed by atoms with E-state index < -0.39 is 17.8 Å². The molecule has 25 heavy (non-hydrogen) atoms. The number of allylic oxidation sites excluding steroid dienone is 2. The number of carboxylic acids is 1. The van der Waals surface area contributed by atoms with Gasteiger partial charge in [-0.1, -0.05) is 23.5 Å². The first-order valence-corrected chi connectivity index (χ1v) is 9.14. The zero-order valence-electron chi connectivity index (χ0n) is 13.6. The van der Waals surface area contributed by atoms with Gasteiger partial charge in [0, 0.05) is 6.07 Å². The molecule has 2 aliphatic carbocycles. The van der Waals surface area contributed by atoms with Crippen LogP contribution in [-0.2, 0) is 9.59 Å². The van der Waals surface area contributed by atoms with E-state index >= 15 is 0 Å². The highest BCUT2D eigenvalue weighted by Crippen LogP contribution is 2.48. The van der Waals surface area contributed by atoms with Crippen LogP contribution in [0.1, 0.15) is 13.3 Å². The molecule has 2 aliphatic rings. The van der Waals surface area contributed by atoms with Crippen LogP contribution in [0.4, 0.5) is 5.13 Å². The van der Waals surface area contributed by atoms with E-state index in [2.05, 4.69) is 10.3 Å². The van der Waals surface area contributed by atoms with Gasteiger partial charge < -0.3 is 15.2 Å². The molecule has 130 valence electrons. The zero-order valence-corrected chi connectivity index (χ0v) is 14.5. The van der Waals surface area contributed by atoms with Crippen LogP contribution < -0.4 is 10.1 Å². The van der Waals surface area contributed by atoms with Crippen molar-refractivity contribution in [2.24, 2.45) is 23.7 Å². The topological polar surface area (TPSA) is 88.5 Å². The normalized spacial score (nSPS) is 26.9. The smallest absolute Gasteiger partial charge is 0.307 e. The van der Waals surface area contributed by atoms with E-state index in [1.165, 1.54) is 11.3 Å². The molecule has 6 nitrogen and oxygen atoms in total. The SMILES string of the molecule is CCOc1ccc2sc(NC(=O)[C@@H]3[C@H](C(=O)O)[C@H]4C=C[C@H]3C4)nc2c1. The third-order valence-electron chi connectivity index (χ3n) is 4.95. The van der Waals surface area contributed by atoms with Crippen LogP contribution in [0.15, 0.2) is 30.4 Å². The fourth-order valence-electron chi connectivity index (χ4n) is 3.92. The van der Waals surface area contributed by atoms with Gasteiger partial charge >= 0.3 is 5.97 Å². The van der Waals surface area contributed by atoms with Crippen LogP contribution in [0.3, 0.4) is 0 Å². The Morgan fingerprint density at radius 3 is 2.80 bits per heavy atom. The lowest BCUT2D eigenvalue weighted by atomic mass is 9.82. The zero-order chi connectivity index (χ0) is 17.6. The van der Waals surface area contributed by atoms with Gasteiger partial charge in [0.05, 0.1) is 28.7 Å². The van der Waals surface area contributed by atoms with Gasteiger partial charge in [0.2, 0.25) is 5.91 Å². The summed E-state index contributed by atoms with van der Waals surface area (Å²) in [5.41, 5.74) is 0.758. The molecule has 0 radical (unpaired) electrons. The second-order valence-corrected chi connectivity index (χ2v) is 7.44. The van der Waals surface area contributed by atoms with Crippen LogP contribution >= 0.6 is 11.3 Å². The summed E-state index contributed by atoms with van der Waals surface area (Å²) < 4.78 is 6.41. The number of aromatic nitrogens is 1. The lowest BCUT2D eigenvalue weighted by Crippen LogP contribution is -2.36. The number of anilines is 1. The number of nitrogens with zero attached hydrogens (tertiary/aromatic N) is 1. The molecule has 1 fully saturated rings. The number of aliphatic carboxylic acids is 1. The number of hydrogen-bond donors (Lipinski definition) is 2. The van der Waals surface area contributed by atoms with Crippen molar-refractivity contribution in [1.29, 1.82) is 0 Å². The summed E-state index contributed by atoms with van der Waals surface area (Å²) in [6, 6.07) is 5.62. The van der Waals surface area contributed by atoms with Crippen LogP contribution in [0, 0.1) is 23.7 Å². The Bertz CT molecular complexity index is 875. The van der Waals surface area contributed by atoms with Crippen molar-refractivity contribution in [2.45, 2.75) is 13.3 Å². The predicted molar refractivity (Wildman–Crippen MR) is 94.8 cm³/mol. The van der Waals surface area contributed by atoms with Gasteiger partial charge in [-0.3, -0.25) is 9.59 Å². The molecular weight excluding hydrogens is 340 g/mol. The number of benzene rings is 1. The van der Waals surface area contributed by atoms with E-state index in [0.29, 0.717) is 11.7 Å². The van der Waals surface area contributed by atoms with E-state index in [9.17, 15) is 14.7 Å². The van der Waals surface area contributed by atoms with Gasteiger partial charge in [-0.2, -0.15) is 0 Å². The Morgan fingerprint density at radius 1 is 1.32 bits per heavy atom. The van der Waals surface area contributed by atoms with E-state index in [-0.39, 0.29) is 17.7 Å². The van der Waals surface area contributed by atoms with E-state index in [1.54, 1.807) is 0 Å². The summed E-state index contributed by atoms with van der Waals surface area (Å²) >= 11 is 1.38. The maximum absolute atomic E-state index is 12.7. The maximum atomic E-state index is 12.7. The molecule has 2 N–H and O–H groups in total. The molecule has 0 unspecified atom stereocenters. The summed E-state index contributed by atoms with van der Waals surface area (Å²) in [5, 5.41) is 12.8. The molecule has 4 atom stereocenters. The molecule has 0 spiro atoms. The van der Waals surface area contributed by atoms with Crippen molar-refractivity contribution in [3.05, 3.63) is 30.4 Å². The average Bonchev–Trinajstić information content (AvgIpc) is 3.27. The molecule has 7 heteroatoms. The lowest BCUT2D eigenvalue weighted by Gasteiger charge is -2.23. The largest absolute Gasteiger partial charge is 0.494 e. The maximum Gasteiger partial charge on any atom is 0.307 e. The van der Waals surface area contributed by atoms with Crippen LogP contribution in [0.2, 0.25) is 0 Å². The fraction of sp³-hybridized carbons (Fsp3) is 0.389. The quantitative estimate of drug-likeness (QED) is 0.802. The minimum Gasteiger partial charge on any atom is -0.494 e. The monoisotopic (exact) mass is 358 g/mol. The fourth-order valence-corrected chi connectivity index (χ4v) is 4.77. The number of thiazole rings is 1. The minimum absolute atomic E-state index is 0.00466. The summed E-state index contributed by atoms with van der Waals surface area (Å²) in [5.74, 6) is -1.63. The van der Waals surface area contributed by atoms with E-state index in [0.717, 1.165) is 22.4 Å².